The molecule has 0 aliphatic heterocycles. The molecule has 0 saturated heterocycles. The Hall–Kier alpha value is -2.64. The molecule has 1 heterocycles. The third-order valence-electron chi connectivity index (χ3n) is 5.71. The van der Waals surface area contributed by atoms with E-state index >= 15 is 0 Å². The van der Waals surface area contributed by atoms with E-state index in [9.17, 15) is 4.21 Å². The monoisotopic (exact) mass is 537 g/mol. The summed E-state index contributed by atoms with van der Waals surface area (Å²) >= 11 is 1.58. The van der Waals surface area contributed by atoms with Gasteiger partial charge in [0.15, 0.2) is 0 Å². The topological polar surface area (TPSA) is 64.1 Å². The second-order valence-electron chi connectivity index (χ2n) is 9.36. The van der Waals surface area contributed by atoms with Crippen molar-refractivity contribution in [2.45, 2.75) is 72.5 Å². The van der Waals surface area contributed by atoms with Crippen LogP contribution in [0.2, 0.25) is 0 Å². The standard InChI is InChI=1S/C27H31N3O2S2.C3H8/c1-6-18(4)26(27(33-17(2)3)24-15-16-28-19(5)29-24)32-25-14-13-23(30-34(31)20-11-12-20)21-9-7-8-10-22(21)25;1-3-2/h7-10,13-16,18,20,30H,2,6,11-12H2,1,3-5H3;3H2,1-2H3/b27-26+;. The van der Waals surface area contributed by atoms with Crippen LogP contribution >= 0.6 is 11.8 Å². The molecule has 1 aliphatic carbocycles. The predicted octanol–water partition coefficient (Wildman–Crippen LogP) is 8.65. The molecule has 1 saturated carbocycles. The maximum atomic E-state index is 12.5. The van der Waals surface area contributed by atoms with Crippen LogP contribution in [0.15, 0.2) is 65.9 Å². The molecular formula is C30H39N3O2S2. The summed E-state index contributed by atoms with van der Waals surface area (Å²) in [5.74, 6) is 2.50. The van der Waals surface area contributed by atoms with Crippen LogP contribution in [0, 0.1) is 12.8 Å². The van der Waals surface area contributed by atoms with Gasteiger partial charge in [-0.2, -0.15) is 0 Å². The maximum Gasteiger partial charge on any atom is 0.134 e. The number of allylic oxidation sites excluding steroid dienone is 2. The van der Waals surface area contributed by atoms with Gasteiger partial charge < -0.3 is 9.46 Å². The number of aromatic nitrogens is 2. The number of hydrogen-bond acceptors (Lipinski definition) is 5. The number of rotatable bonds is 10. The van der Waals surface area contributed by atoms with E-state index in [4.69, 9.17) is 4.74 Å². The zero-order chi connectivity index (χ0) is 26.9. The first-order valence-corrected chi connectivity index (χ1v) is 15.1. The zero-order valence-electron chi connectivity index (χ0n) is 22.8. The fourth-order valence-electron chi connectivity index (χ4n) is 3.58. The minimum absolute atomic E-state index is 0.163. The van der Waals surface area contributed by atoms with Crippen molar-refractivity contribution < 1.29 is 8.95 Å². The third-order valence-corrected chi connectivity index (χ3v) is 8.17. The first-order chi connectivity index (χ1) is 17.8. The van der Waals surface area contributed by atoms with Gasteiger partial charge in [0.1, 0.15) is 28.3 Å². The average Bonchev–Trinajstić information content (AvgIpc) is 3.73. The molecule has 1 N–H and O–H groups in total. The van der Waals surface area contributed by atoms with Gasteiger partial charge in [-0.25, -0.2) is 14.2 Å². The first-order valence-electron chi connectivity index (χ1n) is 13.0. The van der Waals surface area contributed by atoms with Gasteiger partial charge in [-0.15, -0.1) is 0 Å². The highest BCUT2D eigenvalue weighted by Crippen LogP contribution is 2.41. The van der Waals surface area contributed by atoms with Crippen LogP contribution in [0.25, 0.3) is 15.7 Å². The molecule has 37 heavy (non-hydrogen) atoms. The Labute approximate surface area is 228 Å². The van der Waals surface area contributed by atoms with Crippen LogP contribution in [0.4, 0.5) is 5.69 Å². The van der Waals surface area contributed by atoms with E-state index in [1.807, 2.05) is 56.3 Å². The minimum atomic E-state index is -1.06. The van der Waals surface area contributed by atoms with Crippen LogP contribution in [-0.2, 0) is 11.0 Å². The van der Waals surface area contributed by atoms with E-state index in [0.717, 1.165) is 62.7 Å². The van der Waals surface area contributed by atoms with Gasteiger partial charge in [0.05, 0.1) is 21.5 Å². The Morgan fingerprint density at radius 1 is 1.16 bits per heavy atom. The van der Waals surface area contributed by atoms with Gasteiger partial charge in [0, 0.05) is 22.9 Å². The van der Waals surface area contributed by atoms with Crippen molar-refractivity contribution >= 4 is 44.1 Å². The zero-order valence-corrected chi connectivity index (χ0v) is 24.5. The summed E-state index contributed by atoms with van der Waals surface area (Å²) in [5, 5.41) is 2.22. The van der Waals surface area contributed by atoms with Crippen molar-refractivity contribution in [1.29, 1.82) is 0 Å². The molecule has 5 nitrogen and oxygen atoms in total. The van der Waals surface area contributed by atoms with Gasteiger partial charge in [0.2, 0.25) is 0 Å². The quantitative estimate of drug-likeness (QED) is 0.262. The van der Waals surface area contributed by atoms with E-state index in [2.05, 4.69) is 49.0 Å². The molecule has 0 bridgehead atoms. The molecule has 0 spiro atoms. The van der Waals surface area contributed by atoms with Gasteiger partial charge >= 0.3 is 0 Å². The van der Waals surface area contributed by atoms with Crippen molar-refractivity contribution in [3.63, 3.8) is 0 Å². The Bertz CT molecular complexity index is 1280. The lowest BCUT2D eigenvalue weighted by Gasteiger charge is -2.22. The molecule has 7 heteroatoms. The van der Waals surface area contributed by atoms with Crippen LogP contribution in [0.5, 0.6) is 5.75 Å². The normalized spacial score (nSPS) is 15.2. The fraction of sp³-hybridized carbons (Fsp3) is 0.400. The Morgan fingerprint density at radius 3 is 2.43 bits per heavy atom. The van der Waals surface area contributed by atoms with Gasteiger partial charge in [-0.3, -0.25) is 0 Å². The second kappa shape index (κ2) is 13.8. The number of anilines is 1. The summed E-state index contributed by atoms with van der Waals surface area (Å²) < 4.78 is 22.4. The molecule has 1 aliphatic rings. The highest BCUT2D eigenvalue weighted by molar-refractivity contribution is 8.11. The van der Waals surface area contributed by atoms with Crippen molar-refractivity contribution in [1.82, 2.24) is 9.97 Å². The maximum absolute atomic E-state index is 12.5. The van der Waals surface area contributed by atoms with Crippen molar-refractivity contribution in [3.05, 3.63) is 77.4 Å². The molecule has 0 radical (unpaired) electrons. The van der Waals surface area contributed by atoms with E-state index in [0.29, 0.717) is 5.82 Å². The summed E-state index contributed by atoms with van der Waals surface area (Å²) in [6.45, 7) is 16.6. The molecule has 1 aromatic heterocycles. The highest BCUT2D eigenvalue weighted by Gasteiger charge is 2.29. The molecular weight excluding hydrogens is 498 g/mol. The summed E-state index contributed by atoms with van der Waals surface area (Å²) in [4.78, 5) is 10.9. The summed E-state index contributed by atoms with van der Waals surface area (Å²) in [7, 11) is -1.06. The smallest absolute Gasteiger partial charge is 0.134 e. The lowest BCUT2D eigenvalue weighted by Crippen LogP contribution is -2.11. The van der Waals surface area contributed by atoms with Gasteiger partial charge in [0.25, 0.3) is 0 Å². The van der Waals surface area contributed by atoms with E-state index in [1.54, 1.807) is 18.0 Å². The number of hydrogen-bond donors (Lipinski definition) is 1. The van der Waals surface area contributed by atoms with Gasteiger partial charge in [-0.05, 0) is 56.2 Å². The van der Waals surface area contributed by atoms with Gasteiger partial charge in [-0.1, -0.05) is 76.7 Å². The van der Waals surface area contributed by atoms with E-state index in [-0.39, 0.29) is 11.2 Å². The number of nitrogens with one attached hydrogen (secondary N) is 1. The number of aryl methyl sites for hydroxylation is 1. The lowest BCUT2D eigenvalue weighted by molar-refractivity contribution is 0.360. The van der Waals surface area contributed by atoms with Crippen LogP contribution in [0.3, 0.4) is 0 Å². The second-order valence-corrected chi connectivity index (χ2v) is 12.1. The fourth-order valence-corrected chi connectivity index (χ4v) is 5.62. The Kier molecular flexibility index (Phi) is 10.8. The molecule has 3 aromatic rings. The first kappa shape index (κ1) is 28.9. The van der Waals surface area contributed by atoms with Crippen molar-refractivity contribution in [3.8, 4) is 5.75 Å². The summed E-state index contributed by atoms with van der Waals surface area (Å²) in [6, 6.07) is 13.9. The molecule has 198 valence electrons. The Morgan fingerprint density at radius 2 is 1.84 bits per heavy atom. The van der Waals surface area contributed by atoms with Crippen LogP contribution in [0.1, 0.15) is 71.8 Å². The average molecular weight is 538 g/mol. The van der Waals surface area contributed by atoms with E-state index < -0.39 is 11.0 Å². The molecule has 2 unspecified atom stereocenters. The molecule has 2 aromatic carbocycles. The van der Waals surface area contributed by atoms with Crippen LogP contribution in [-0.4, -0.2) is 19.4 Å². The van der Waals surface area contributed by atoms with Crippen molar-refractivity contribution in [2.24, 2.45) is 5.92 Å². The molecule has 4 rings (SSSR count). The van der Waals surface area contributed by atoms with Crippen molar-refractivity contribution in [2.75, 3.05) is 4.72 Å². The SMILES string of the molecule is C=C(C)S/C(=C(/Oc1ccc(NS(=O)C2CC2)c2ccccc12)C(C)CC)c1ccnc(C)n1.CCC. The minimum Gasteiger partial charge on any atom is -0.460 e. The summed E-state index contributed by atoms with van der Waals surface area (Å²) in [5.41, 5.74) is 1.70. The lowest BCUT2D eigenvalue weighted by atomic mass is 10.0. The number of thioether (sulfide) groups is 1. The number of nitrogens with zero attached hydrogens (tertiary/aromatic N) is 2. The Balaban J connectivity index is 0.00000121. The molecule has 1 fully saturated rings. The third kappa shape index (κ3) is 7.92. The molecule has 0 amide bonds. The summed E-state index contributed by atoms with van der Waals surface area (Å²) in [6.07, 6.45) is 5.99. The molecule has 2 atom stereocenters. The largest absolute Gasteiger partial charge is 0.460 e. The van der Waals surface area contributed by atoms with Crippen LogP contribution < -0.4 is 9.46 Å². The number of benzene rings is 2. The number of ether oxygens (including phenoxy) is 1. The van der Waals surface area contributed by atoms with E-state index in [1.165, 1.54) is 6.42 Å². The predicted molar refractivity (Wildman–Crippen MR) is 161 cm³/mol. The highest BCUT2D eigenvalue weighted by atomic mass is 32.2. The number of fused-ring (bicyclic) bond motifs is 1.